The van der Waals surface area contributed by atoms with Crippen molar-refractivity contribution in [1.82, 2.24) is 15.1 Å². The Balaban J connectivity index is 1.36. The quantitative estimate of drug-likeness (QED) is 0.291. The van der Waals surface area contributed by atoms with Crippen LogP contribution in [0.3, 0.4) is 0 Å². The highest BCUT2D eigenvalue weighted by Gasteiger charge is 2.30. The molecule has 37 heavy (non-hydrogen) atoms. The molecule has 0 atom stereocenters. The standard InChI is InChI=1S/C29H28N4O4/c1-37-27-10-6-5-9-22(27)28(35)31-21-13-14-26(34)23(17-21)24-18-25(20-11-12-20)33(32-24)29(36)30-16-15-19-7-3-2-4-8-19/h2-10,13-14,17-18,20,34H,11-12,15-16H2,1H3,(H,30,36)(H,31,35). The second-order valence-electron chi connectivity index (χ2n) is 8.99. The highest BCUT2D eigenvalue weighted by molar-refractivity contribution is 6.06. The second kappa shape index (κ2) is 10.6. The minimum atomic E-state index is -0.337. The van der Waals surface area contributed by atoms with Crippen molar-refractivity contribution in [3.63, 3.8) is 0 Å². The number of anilines is 1. The number of aromatic hydroxyl groups is 1. The van der Waals surface area contributed by atoms with E-state index in [0.717, 1.165) is 24.1 Å². The fourth-order valence-electron chi connectivity index (χ4n) is 4.24. The van der Waals surface area contributed by atoms with Crippen LogP contribution in [-0.2, 0) is 6.42 Å². The molecule has 1 aromatic heterocycles. The zero-order chi connectivity index (χ0) is 25.8. The molecular weight excluding hydrogens is 468 g/mol. The van der Waals surface area contributed by atoms with Crippen molar-refractivity contribution in [2.45, 2.75) is 25.2 Å². The van der Waals surface area contributed by atoms with Crippen molar-refractivity contribution in [2.75, 3.05) is 19.0 Å². The number of hydrogen-bond acceptors (Lipinski definition) is 5. The maximum absolute atomic E-state index is 13.0. The minimum Gasteiger partial charge on any atom is -0.507 e. The van der Waals surface area contributed by atoms with Crippen molar-refractivity contribution >= 4 is 17.6 Å². The summed E-state index contributed by atoms with van der Waals surface area (Å²) in [5.74, 6) is 0.393. The summed E-state index contributed by atoms with van der Waals surface area (Å²) in [5.41, 5.74) is 3.73. The third-order valence-electron chi connectivity index (χ3n) is 6.34. The molecule has 0 bridgehead atoms. The second-order valence-corrected chi connectivity index (χ2v) is 8.99. The van der Waals surface area contributed by atoms with Crippen LogP contribution in [0.2, 0.25) is 0 Å². The number of carbonyl (C=O) groups is 2. The minimum absolute atomic E-state index is 0.00627. The first-order chi connectivity index (χ1) is 18.0. The summed E-state index contributed by atoms with van der Waals surface area (Å²) in [6.07, 6.45) is 2.70. The zero-order valence-corrected chi connectivity index (χ0v) is 20.5. The summed E-state index contributed by atoms with van der Waals surface area (Å²) in [5, 5.41) is 20.9. The van der Waals surface area contributed by atoms with Crippen LogP contribution in [0.15, 0.2) is 78.9 Å². The molecular formula is C29H28N4O4. The Morgan fingerprint density at radius 3 is 2.54 bits per heavy atom. The number of carbonyl (C=O) groups excluding carboxylic acids is 2. The summed E-state index contributed by atoms with van der Waals surface area (Å²) in [6, 6.07) is 23.2. The smallest absolute Gasteiger partial charge is 0.342 e. The summed E-state index contributed by atoms with van der Waals surface area (Å²) in [6.45, 7) is 0.484. The number of hydrogen-bond donors (Lipinski definition) is 3. The molecule has 0 saturated heterocycles. The van der Waals surface area contributed by atoms with Crippen LogP contribution in [0.4, 0.5) is 10.5 Å². The molecule has 0 spiro atoms. The highest BCUT2D eigenvalue weighted by Crippen LogP contribution is 2.42. The molecule has 2 amide bonds. The molecule has 0 unspecified atom stereocenters. The highest BCUT2D eigenvalue weighted by atomic mass is 16.5. The number of phenolic OH excluding ortho intramolecular Hbond substituents is 1. The molecule has 8 nitrogen and oxygen atoms in total. The van der Waals surface area contributed by atoms with E-state index in [1.54, 1.807) is 36.4 Å². The van der Waals surface area contributed by atoms with E-state index in [1.807, 2.05) is 36.4 Å². The van der Waals surface area contributed by atoms with Crippen LogP contribution in [-0.4, -0.2) is 40.5 Å². The monoisotopic (exact) mass is 496 g/mol. The normalized spacial score (nSPS) is 12.7. The van der Waals surface area contributed by atoms with Gasteiger partial charge < -0.3 is 20.5 Å². The fourth-order valence-corrected chi connectivity index (χ4v) is 4.24. The summed E-state index contributed by atoms with van der Waals surface area (Å²) in [4.78, 5) is 25.9. The molecule has 1 aliphatic rings. The average Bonchev–Trinajstić information content (AvgIpc) is 3.68. The van der Waals surface area contributed by atoms with E-state index < -0.39 is 0 Å². The Morgan fingerprint density at radius 1 is 1.03 bits per heavy atom. The van der Waals surface area contributed by atoms with Crippen molar-refractivity contribution < 1.29 is 19.4 Å². The van der Waals surface area contributed by atoms with E-state index >= 15 is 0 Å². The van der Waals surface area contributed by atoms with E-state index in [4.69, 9.17) is 4.74 Å². The summed E-state index contributed by atoms with van der Waals surface area (Å²) >= 11 is 0. The number of phenols is 1. The van der Waals surface area contributed by atoms with Gasteiger partial charge >= 0.3 is 6.03 Å². The lowest BCUT2D eigenvalue weighted by Crippen LogP contribution is -2.32. The first-order valence-corrected chi connectivity index (χ1v) is 12.2. The van der Waals surface area contributed by atoms with Gasteiger partial charge in [-0.2, -0.15) is 9.78 Å². The fraction of sp³-hybridized carbons (Fsp3) is 0.207. The number of para-hydroxylation sites is 1. The van der Waals surface area contributed by atoms with E-state index in [-0.39, 0.29) is 23.6 Å². The van der Waals surface area contributed by atoms with E-state index in [2.05, 4.69) is 15.7 Å². The van der Waals surface area contributed by atoms with E-state index in [1.165, 1.54) is 17.9 Å². The van der Waals surface area contributed by atoms with Gasteiger partial charge in [-0.05, 0) is 61.2 Å². The Bertz CT molecular complexity index is 1430. The number of benzene rings is 3. The van der Waals surface area contributed by atoms with Gasteiger partial charge in [0, 0.05) is 23.7 Å². The van der Waals surface area contributed by atoms with Gasteiger partial charge in [-0.1, -0.05) is 42.5 Å². The van der Waals surface area contributed by atoms with Crippen LogP contribution in [0.5, 0.6) is 11.5 Å². The summed E-state index contributed by atoms with van der Waals surface area (Å²) in [7, 11) is 1.51. The largest absolute Gasteiger partial charge is 0.507 e. The van der Waals surface area contributed by atoms with Crippen LogP contribution in [0.1, 0.15) is 40.4 Å². The van der Waals surface area contributed by atoms with Crippen molar-refractivity contribution in [1.29, 1.82) is 0 Å². The number of aromatic nitrogens is 2. The molecule has 3 aromatic carbocycles. The topological polar surface area (TPSA) is 105 Å². The Morgan fingerprint density at radius 2 is 1.78 bits per heavy atom. The van der Waals surface area contributed by atoms with Crippen LogP contribution in [0, 0.1) is 0 Å². The molecule has 0 aliphatic heterocycles. The Labute approximate surface area is 214 Å². The molecule has 1 aliphatic carbocycles. The van der Waals surface area contributed by atoms with Gasteiger partial charge in [0.15, 0.2) is 0 Å². The van der Waals surface area contributed by atoms with Crippen LogP contribution >= 0.6 is 0 Å². The number of rotatable bonds is 8. The van der Waals surface area contributed by atoms with Gasteiger partial charge in [0.25, 0.3) is 5.91 Å². The van der Waals surface area contributed by atoms with Crippen molar-refractivity contribution in [3.8, 4) is 22.8 Å². The maximum atomic E-state index is 13.0. The zero-order valence-electron chi connectivity index (χ0n) is 20.5. The van der Waals surface area contributed by atoms with Gasteiger partial charge in [0.1, 0.15) is 11.5 Å². The molecule has 3 N–H and O–H groups in total. The van der Waals surface area contributed by atoms with E-state index in [9.17, 15) is 14.7 Å². The Kier molecular flexibility index (Phi) is 6.89. The number of nitrogens with one attached hydrogen (secondary N) is 2. The molecule has 1 heterocycles. The van der Waals surface area contributed by atoms with Gasteiger partial charge in [-0.15, -0.1) is 0 Å². The number of ether oxygens (including phenoxy) is 1. The van der Waals surface area contributed by atoms with Crippen LogP contribution in [0.25, 0.3) is 11.3 Å². The molecule has 4 aromatic rings. The van der Waals surface area contributed by atoms with E-state index in [0.29, 0.717) is 41.2 Å². The average molecular weight is 497 g/mol. The molecule has 5 rings (SSSR count). The predicted octanol–water partition coefficient (Wildman–Crippen LogP) is 5.19. The first-order valence-electron chi connectivity index (χ1n) is 12.2. The number of amides is 2. The first kappa shape index (κ1) is 24.1. The van der Waals surface area contributed by atoms with Crippen molar-refractivity contribution in [3.05, 3.63) is 95.7 Å². The number of methoxy groups -OCH3 is 1. The predicted molar refractivity (Wildman–Crippen MR) is 141 cm³/mol. The molecule has 188 valence electrons. The summed E-state index contributed by atoms with van der Waals surface area (Å²) < 4.78 is 6.68. The van der Waals surface area contributed by atoms with Crippen LogP contribution < -0.4 is 15.4 Å². The lowest BCUT2D eigenvalue weighted by molar-refractivity contribution is 0.102. The maximum Gasteiger partial charge on any atom is 0.342 e. The molecule has 8 heteroatoms. The molecule has 1 saturated carbocycles. The SMILES string of the molecule is COc1ccccc1C(=O)Nc1ccc(O)c(-c2cc(C3CC3)n(C(=O)NCCc3ccccc3)n2)c1. The number of nitrogens with zero attached hydrogens (tertiary/aromatic N) is 2. The van der Waals surface area contributed by atoms with Gasteiger partial charge in [-0.25, -0.2) is 4.79 Å². The van der Waals surface area contributed by atoms with Crippen molar-refractivity contribution in [2.24, 2.45) is 0 Å². The van der Waals surface area contributed by atoms with Gasteiger partial charge in [0.2, 0.25) is 0 Å². The third-order valence-corrected chi connectivity index (χ3v) is 6.34. The lowest BCUT2D eigenvalue weighted by Gasteiger charge is -2.10. The van der Waals surface area contributed by atoms with Gasteiger partial charge in [0.05, 0.1) is 24.1 Å². The lowest BCUT2D eigenvalue weighted by atomic mass is 10.1. The Hall–Kier alpha value is -4.59. The van der Waals surface area contributed by atoms with Gasteiger partial charge in [-0.3, -0.25) is 4.79 Å². The molecule has 0 radical (unpaired) electrons. The molecule has 1 fully saturated rings. The third kappa shape index (κ3) is 5.48.